The van der Waals surface area contributed by atoms with E-state index >= 15 is 0 Å². The van der Waals surface area contributed by atoms with Gasteiger partial charge in [0, 0.05) is 41.0 Å². The average molecular weight is 308 g/mol. The van der Waals surface area contributed by atoms with Gasteiger partial charge in [-0.25, -0.2) is 0 Å². The topological polar surface area (TPSA) is 42.9 Å². The van der Waals surface area contributed by atoms with Crippen LogP contribution in [0.2, 0.25) is 0 Å². The molecule has 0 spiro atoms. The number of thiophene rings is 1. The number of aromatic nitrogens is 2. The standard InChI is InChI=1S/C18H16N2OS/c1-13(21)2-3-16-12-17(14-4-8-19-9-5-14)22-18(16)15-6-10-20-11-7-15/h4-12H,2-3H2,1H3. The molecule has 3 aromatic heterocycles. The molecule has 3 rings (SSSR count). The maximum Gasteiger partial charge on any atom is 0.130 e. The van der Waals surface area contributed by atoms with Crippen LogP contribution in [0.25, 0.3) is 20.9 Å². The number of nitrogens with zero attached hydrogens (tertiary/aromatic N) is 2. The first kappa shape index (κ1) is 14.6. The second-order valence-corrected chi connectivity index (χ2v) is 6.19. The van der Waals surface area contributed by atoms with Crippen molar-refractivity contribution in [3.05, 3.63) is 60.7 Å². The molecule has 110 valence electrons. The van der Waals surface area contributed by atoms with Crippen molar-refractivity contribution in [2.24, 2.45) is 0 Å². The summed E-state index contributed by atoms with van der Waals surface area (Å²) < 4.78 is 0. The van der Waals surface area contributed by atoms with E-state index < -0.39 is 0 Å². The van der Waals surface area contributed by atoms with Crippen LogP contribution in [-0.2, 0) is 11.2 Å². The molecule has 22 heavy (non-hydrogen) atoms. The summed E-state index contributed by atoms with van der Waals surface area (Å²) in [5, 5.41) is 0. The zero-order valence-electron chi connectivity index (χ0n) is 12.3. The fourth-order valence-corrected chi connectivity index (χ4v) is 3.55. The smallest absolute Gasteiger partial charge is 0.130 e. The van der Waals surface area contributed by atoms with Crippen molar-refractivity contribution in [2.75, 3.05) is 0 Å². The highest BCUT2D eigenvalue weighted by molar-refractivity contribution is 7.19. The molecule has 3 aromatic rings. The molecule has 0 unspecified atom stereocenters. The van der Waals surface area contributed by atoms with Crippen LogP contribution in [0.3, 0.4) is 0 Å². The van der Waals surface area contributed by atoms with Gasteiger partial charge in [-0.15, -0.1) is 11.3 Å². The Labute approximate surface area is 133 Å². The number of ketones is 1. The molecule has 0 N–H and O–H groups in total. The number of carbonyl (C=O) groups is 1. The lowest BCUT2D eigenvalue weighted by Gasteiger charge is -2.02. The van der Waals surface area contributed by atoms with Crippen LogP contribution < -0.4 is 0 Å². The van der Waals surface area contributed by atoms with Gasteiger partial charge < -0.3 is 4.79 Å². The van der Waals surface area contributed by atoms with Gasteiger partial charge in [-0.1, -0.05) is 0 Å². The first-order valence-electron chi connectivity index (χ1n) is 7.17. The Hall–Kier alpha value is -2.33. The van der Waals surface area contributed by atoms with Crippen LogP contribution in [0.5, 0.6) is 0 Å². The lowest BCUT2D eigenvalue weighted by Crippen LogP contribution is -1.94. The molecule has 0 aliphatic heterocycles. The summed E-state index contributed by atoms with van der Waals surface area (Å²) in [5.74, 6) is 0.220. The summed E-state index contributed by atoms with van der Waals surface area (Å²) in [4.78, 5) is 21.9. The third-order valence-electron chi connectivity index (χ3n) is 3.46. The van der Waals surface area contributed by atoms with Gasteiger partial charge in [0.2, 0.25) is 0 Å². The fraction of sp³-hybridized carbons (Fsp3) is 0.167. The average Bonchev–Trinajstić information content (AvgIpc) is 2.99. The van der Waals surface area contributed by atoms with E-state index in [1.54, 1.807) is 43.0 Å². The van der Waals surface area contributed by atoms with Crippen LogP contribution in [0.15, 0.2) is 55.1 Å². The summed E-state index contributed by atoms with van der Waals surface area (Å²) in [5.41, 5.74) is 3.53. The molecule has 3 heterocycles. The molecule has 0 aromatic carbocycles. The highest BCUT2D eigenvalue weighted by atomic mass is 32.1. The van der Waals surface area contributed by atoms with E-state index in [-0.39, 0.29) is 5.78 Å². The van der Waals surface area contributed by atoms with Crippen molar-refractivity contribution < 1.29 is 4.79 Å². The molecule has 0 saturated heterocycles. The Balaban J connectivity index is 2.03. The number of carbonyl (C=O) groups excluding carboxylic acids is 1. The number of rotatable bonds is 5. The molecule has 3 nitrogen and oxygen atoms in total. The van der Waals surface area contributed by atoms with Crippen LogP contribution >= 0.6 is 11.3 Å². The van der Waals surface area contributed by atoms with E-state index in [0.29, 0.717) is 6.42 Å². The SMILES string of the molecule is CC(=O)CCc1cc(-c2ccncc2)sc1-c1ccncc1. The van der Waals surface area contributed by atoms with Crippen LogP contribution in [0.1, 0.15) is 18.9 Å². The van der Waals surface area contributed by atoms with Crippen molar-refractivity contribution in [3.8, 4) is 20.9 Å². The van der Waals surface area contributed by atoms with E-state index in [0.717, 1.165) is 17.5 Å². The summed E-state index contributed by atoms with van der Waals surface area (Å²) in [7, 11) is 0. The largest absolute Gasteiger partial charge is 0.300 e. The number of Topliss-reactive ketones (excluding diaryl/α,β-unsaturated/α-hetero) is 1. The normalized spacial score (nSPS) is 10.6. The molecular weight excluding hydrogens is 292 g/mol. The molecular formula is C18H16N2OS. The van der Waals surface area contributed by atoms with Crippen molar-refractivity contribution >= 4 is 17.1 Å². The summed E-state index contributed by atoms with van der Waals surface area (Å²) in [6, 6.07) is 10.2. The van der Waals surface area contributed by atoms with E-state index in [2.05, 4.69) is 16.0 Å². The lowest BCUT2D eigenvalue weighted by molar-refractivity contribution is -0.116. The number of pyridine rings is 2. The Morgan fingerprint density at radius 1 is 1.00 bits per heavy atom. The van der Waals surface area contributed by atoms with Gasteiger partial charge in [0.1, 0.15) is 5.78 Å². The van der Waals surface area contributed by atoms with E-state index in [4.69, 9.17) is 0 Å². The maximum atomic E-state index is 11.3. The van der Waals surface area contributed by atoms with Gasteiger partial charge >= 0.3 is 0 Å². The van der Waals surface area contributed by atoms with E-state index in [1.807, 2.05) is 24.3 Å². The van der Waals surface area contributed by atoms with Gasteiger partial charge in [0.05, 0.1) is 0 Å². The molecule has 0 radical (unpaired) electrons. The third kappa shape index (κ3) is 3.28. The van der Waals surface area contributed by atoms with Crippen molar-refractivity contribution in [1.29, 1.82) is 0 Å². The van der Waals surface area contributed by atoms with Crippen LogP contribution in [0.4, 0.5) is 0 Å². The first-order chi connectivity index (χ1) is 10.7. The monoisotopic (exact) mass is 308 g/mol. The predicted octanol–water partition coefficient (Wildman–Crippen LogP) is 4.39. The molecule has 0 saturated carbocycles. The van der Waals surface area contributed by atoms with Gasteiger partial charge in [0.25, 0.3) is 0 Å². The van der Waals surface area contributed by atoms with Crippen LogP contribution in [0, 0.1) is 0 Å². The van der Waals surface area contributed by atoms with E-state index in [1.165, 1.54) is 15.3 Å². The minimum Gasteiger partial charge on any atom is -0.300 e. The van der Waals surface area contributed by atoms with Gasteiger partial charge in [0.15, 0.2) is 0 Å². The van der Waals surface area contributed by atoms with Crippen molar-refractivity contribution in [3.63, 3.8) is 0 Å². The Morgan fingerprint density at radius 2 is 1.59 bits per heavy atom. The molecule has 0 fully saturated rings. The van der Waals surface area contributed by atoms with Gasteiger partial charge in [-0.05, 0) is 60.4 Å². The Bertz CT molecular complexity index is 766. The zero-order valence-corrected chi connectivity index (χ0v) is 13.1. The second kappa shape index (κ2) is 6.62. The summed E-state index contributed by atoms with van der Waals surface area (Å²) in [6.07, 6.45) is 8.55. The van der Waals surface area contributed by atoms with Crippen molar-refractivity contribution in [1.82, 2.24) is 9.97 Å². The zero-order chi connectivity index (χ0) is 15.4. The quantitative estimate of drug-likeness (QED) is 0.702. The predicted molar refractivity (Wildman–Crippen MR) is 89.8 cm³/mol. The molecule has 0 bridgehead atoms. The number of hydrogen-bond donors (Lipinski definition) is 0. The summed E-state index contributed by atoms with van der Waals surface area (Å²) in [6.45, 7) is 1.64. The fourth-order valence-electron chi connectivity index (χ4n) is 2.33. The Morgan fingerprint density at radius 3 is 2.18 bits per heavy atom. The Kier molecular flexibility index (Phi) is 4.39. The number of aryl methyl sites for hydroxylation is 1. The van der Waals surface area contributed by atoms with Crippen LogP contribution in [-0.4, -0.2) is 15.8 Å². The summed E-state index contributed by atoms with van der Waals surface area (Å²) >= 11 is 1.75. The van der Waals surface area contributed by atoms with Crippen molar-refractivity contribution in [2.45, 2.75) is 19.8 Å². The number of hydrogen-bond acceptors (Lipinski definition) is 4. The molecule has 0 amide bonds. The highest BCUT2D eigenvalue weighted by Gasteiger charge is 2.13. The minimum absolute atomic E-state index is 0.220. The van der Waals surface area contributed by atoms with E-state index in [9.17, 15) is 4.79 Å². The maximum absolute atomic E-state index is 11.3. The van der Waals surface area contributed by atoms with Gasteiger partial charge in [-0.3, -0.25) is 9.97 Å². The highest BCUT2D eigenvalue weighted by Crippen LogP contribution is 2.38. The van der Waals surface area contributed by atoms with Gasteiger partial charge in [-0.2, -0.15) is 0 Å². The molecule has 0 aliphatic carbocycles. The lowest BCUT2D eigenvalue weighted by atomic mass is 10.0. The molecule has 0 aliphatic rings. The first-order valence-corrected chi connectivity index (χ1v) is 7.98. The second-order valence-electron chi connectivity index (χ2n) is 5.14. The molecule has 4 heteroatoms. The minimum atomic E-state index is 0.220. The molecule has 0 atom stereocenters. The third-order valence-corrected chi connectivity index (χ3v) is 4.74.